The summed E-state index contributed by atoms with van der Waals surface area (Å²) < 4.78 is 34.0. The molecule has 128 valence electrons. The molecule has 0 aliphatic heterocycles. The van der Waals surface area contributed by atoms with Crippen LogP contribution in [-0.4, -0.2) is 22.8 Å². The standard InChI is InChI=1S/C16H14N4O4S/c1-11-15(16(21)20(19-11)13-5-3-2-4-6-13)18-17-12-7-9-14(10-8-12)25(22,23)24/h2-10,19H,1H3,(H,22,23,24)/p-1. The average Bonchev–Trinajstić information content (AvgIpc) is 2.88. The van der Waals surface area contributed by atoms with Crippen LogP contribution in [-0.2, 0) is 10.1 Å². The summed E-state index contributed by atoms with van der Waals surface area (Å²) in [5.74, 6) is 0. The quantitative estimate of drug-likeness (QED) is 0.570. The lowest BCUT2D eigenvalue weighted by Gasteiger charge is -2.05. The lowest BCUT2D eigenvalue weighted by molar-refractivity contribution is 0.463. The molecule has 3 rings (SSSR count). The van der Waals surface area contributed by atoms with E-state index in [9.17, 15) is 17.8 Å². The SMILES string of the molecule is Cc1[nH]n(-c2ccccc2)c(=O)c1N=Nc1ccc(S(=O)(=O)[O-])cc1. The number of para-hydroxylation sites is 1. The predicted molar refractivity (Wildman–Crippen MR) is 89.7 cm³/mol. The third-order valence-electron chi connectivity index (χ3n) is 3.45. The Morgan fingerprint density at radius 2 is 1.64 bits per heavy atom. The number of nitrogens with one attached hydrogen (secondary N) is 1. The van der Waals surface area contributed by atoms with Crippen molar-refractivity contribution in [1.29, 1.82) is 0 Å². The van der Waals surface area contributed by atoms with Crippen molar-refractivity contribution in [2.45, 2.75) is 11.8 Å². The zero-order chi connectivity index (χ0) is 18.0. The normalized spacial score (nSPS) is 11.9. The minimum Gasteiger partial charge on any atom is -0.744 e. The molecule has 3 aromatic rings. The fourth-order valence-electron chi connectivity index (χ4n) is 2.20. The first-order chi connectivity index (χ1) is 11.9. The summed E-state index contributed by atoms with van der Waals surface area (Å²) >= 11 is 0. The van der Waals surface area contributed by atoms with Crippen molar-refractivity contribution < 1.29 is 13.0 Å². The van der Waals surface area contributed by atoms with Crippen LogP contribution in [0.4, 0.5) is 11.4 Å². The van der Waals surface area contributed by atoms with E-state index < -0.39 is 10.1 Å². The first-order valence-corrected chi connectivity index (χ1v) is 8.62. The molecule has 0 bridgehead atoms. The highest BCUT2D eigenvalue weighted by atomic mass is 32.2. The summed E-state index contributed by atoms with van der Waals surface area (Å²) in [6.45, 7) is 1.70. The molecule has 2 aromatic carbocycles. The summed E-state index contributed by atoms with van der Waals surface area (Å²) in [5, 5.41) is 10.8. The molecule has 0 saturated heterocycles. The minimum absolute atomic E-state index is 0.143. The maximum absolute atomic E-state index is 12.5. The van der Waals surface area contributed by atoms with E-state index in [0.29, 0.717) is 17.1 Å². The van der Waals surface area contributed by atoms with Crippen LogP contribution in [0.5, 0.6) is 0 Å². The molecule has 0 spiro atoms. The van der Waals surface area contributed by atoms with E-state index in [0.717, 1.165) is 12.1 Å². The van der Waals surface area contributed by atoms with Gasteiger partial charge in [0.25, 0.3) is 5.56 Å². The van der Waals surface area contributed by atoms with E-state index in [1.54, 1.807) is 19.1 Å². The molecular weight excluding hydrogens is 344 g/mol. The maximum Gasteiger partial charge on any atom is 0.299 e. The highest BCUT2D eigenvalue weighted by molar-refractivity contribution is 7.85. The smallest absolute Gasteiger partial charge is 0.299 e. The highest BCUT2D eigenvalue weighted by Crippen LogP contribution is 2.20. The summed E-state index contributed by atoms with van der Waals surface area (Å²) in [4.78, 5) is 12.1. The number of aryl methyl sites for hydroxylation is 1. The second-order valence-corrected chi connectivity index (χ2v) is 6.59. The Bertz CT molecular complexity index is 1080. The van der Waals surface area contributed by atoms with Gasteiger partial charge in [0.15, 0.2) is 5.69 Å². The molecule has 0 aliphatic carbocycles. The van der Waals surface area contributed by atoms with Crippen LogP contribution < -0.4 is 5.56 Å². The molecule has 9 heteroatoms. The monoisotopic (exact) mass is 357 g/mol. The van der Waals surface area contributed by atoms with Crippen molar-refractivity contribution in [2.24, 2.45) is 10.2 Å². The van der Waals surface area contributed by atoms with Gasteiger partial charge < -0.3 is 4.55 Å². The molecule has 0 saturated carbocycles. The van der Waals surface area contributed by atoms with Crippen LogP contribution in [0.25, 0.3) is 5.69 Å². The molecule has 0 fully saturated rings. The maximum atomic E-state index is 12.5. The third kappa shape index (κ3) is 3.57. The number of aromatic nitrogens is 2. The predicted octanol–water partition coefficient (Wildman–Crippen LogP) is 2.79. The Labute approximate surface area is 143 Å². The van der Waals surface area contributed by atoms with Crippen molar-refractivity contribution in [2.75, 3.05) is 0 Å². The second-order valence-electron chi connectivity index (χ2n) is 5.21. The van der Waals surface area contributed by atoms with Gasteiger partial charge in [0.2, 0.25) is 0 Å². The molecule has 0 amide bonds. The first-order valence-electron chi connectivity index (χ1n) is 7.21. The van der Waals surface area contributed by atoms with E-state index in [1.165, 1.54) is 16.8 Å². The number of rotatable bonds is 4. The van der Waals surface area contributed by atoms with Crippen LogP contribution in [0.3, 0.4) is 0 Å². The molecule has 8 nitrogen and oxygen atoms in total. The van der Waals surface area contributed by atoms with Gasteiger partial charge in [0, 0.05) is 0 Å². The molecule has 1 aromatic heterocycles. The van der Waals surface area contributed by atoms with Crippen LogP contribution in [0.15, 0.2) is 74.5 Å². The third-order valence-corrected chi connectivity index (χ3v) is 4.30. The highest BCUT2D eigenvalue weighted by Gasteiger charge is 2.11. The van der Waals surface area contributed by atoms with Crippen molar-refractivity contribution in [3.8, 4) is 5.69 Å². The first kappa shape index (κ1) is 16.8. The van der Waals surface area contributed by atoms with Gasteiger partial charge in [-0.15, -0.1) is 5.11 Å². The molecule has 0 radical (unpaired) electrons. The summed E-state index contributed by atoms with van der Waals surface area (Å²) in [6, 6.07) is 14.0. The number of hydrogen-bond acceptors (Lipinski definition) is 6. The van der Waals surface area contributed by atoms with Gasteiger partial charge in [-0.25, -0.2) is 13.1 Å². The van der Waals surface area contributed by atoms with Crippen LogP contribution in [0.2, 0.25) is 0 Å². The number of H-pyrrole nitrogens is 1. The Morgan fingerprint density at radius 3 is 2.24 bits per heavy atom. The van der Waals surface area contributed by atoms with Gasteiger partial charge in [-0.1, -0.05) is 18.2 Å². The lowest BCUT2D eigenvalue weighted by Crippen LogP contribution is -2.13. The number of hydrogen-bond donors (Lipinski definition) is 1. The van der Waals surface area contributed by atoms with Gasteiger partial charge in [-0.05, 0) is 43.3 Å². The molecule has 1 heterocycles. The number of benzene rings is 2. The Balaban J connectivity index is 1.92. The van der Waals surface area contributed by atoms with Crippen molar-refractivity contribution in [3.63, 3.8) is 0 Å². The van der Waals surface area contributed by atoms with Crippen molar-refractivity contribution in [3.05, 3.63) is 70.6 Å². The summed E-state index contributed by atoms with van der Waals surface area (Å²) in [5.41, 5.74) is 1.31. The molecule has 0 atom stereocenters. The Hall–Kier alpha value is -3.04. The topological polar surface area (TPSA) is 120 Å². The van der Waals surface area contributed by atoms with E-state index in [4.69, 9.17) is 0 Å². The minimum atomic E-state index is -4.51. The van der Waals surface area contributed by atoms with Gasteiger partial charge in [0.05, 0.1) is 22.0 Å². The second kappa shape index (κ2) is 6.46. The Morgan fingerprint density at radius 1 is 1.00 bits per heavy atom. The van der Waals surface area contributed by atoms with Crippen LogP contribution in [0, 0.1) is 6.92 Å². The van der Waals surface area contributed by atoms with Crippen molar-refractivity contribution >= 4 is 21.5 Å². The summed E-state index contributed by atoms with van der Waals surface area (Å²) in [6.07, 6.45) is 0. The van der Waals surface area contributed by atoms with Crippen LogP contribution >= 0.6 is 0 Å². The molecular formula is C16H13N4O4S-. The number of nitrogens with zero attached hydrogens (tertiary/aromatic N) is 3. The van der Waals surface area contributed by atoms with Gasteiger partial charge in [-0.2, -0.15) is 5.11 Å². The lowest BCUT2D eigenvalue weighted by atomic mass is 10.3. The average molecular weight is 357 g/mol. The fourth-order valence-corrected chi connectivity index (χ4v) is 2.67. The van der Waals surface area contributed by atoms with E-state index in [-0.39, 0.29) is 16.1 Å². The molecule has 1 N–H and O–H groups in total. The molecule has 0 aliphatic rings. The van der Waals surface area contributed by atoms with Gasteiger partial charge in [-0.3, -0.25) is 9.89 Å². The number of aromatic amines is 1. The van der Waals surface area contributed by atoms with Gasteiger partial charge >= 0.3 is 0 Å². The van der Waals surface area contributed by atoms with Gasteiger partial charge in [0.1, 0.15) is 10.1 Å². The van der Waals surface area contributed by atoms with E-state index >= 15 is 0 Å². The van der Waals surface area contributed by atoms with E-state index in [1.807, 2.05) is 18.2 Å². The largest absolute Gasteiger partial charge is 0.744 e. The van der Waals surface area contributed by atoms with Crippen molar-refractivity contribution in [1.82, 2.24) is 9.78 Å². The molecule has 0 unspecified atom stereocenters. The number of azo groups is 1. The summed E-state index contributed by atoms with van der Waals surface area (Å²) in [7, 11) is -4.51. The zero-order valence-corrected chi connectivity index (χ0v) is 13.9. The molecule has 25 heavy (non-hydrogen) atoms. The zero-order valence-electron chi connectivity index (χ0n) is 13.1. The van der Waals surface area contributed by atoms with Crippen LogP contribution in [0.1, 0.15) is 5.69 Å². The fraction of sp³-hybridized carbons (Fsp3) is 0.0625. The Kier molecular flexibility index (Phi) is 4.34. The van der Waals surface area contributed by atoms with E-state index in [2.05, 4.69) is 15.3 Å².